The zero-order valence-electron chi connectivity index (χ0n) is 12.7. The van der Waals surface area contributed by atoms with Gasteiger partial charge in [-0.3, -0.25) is 0 Å². The van der Waals surface area contributed by atoms with Crippen LogP contribution in [0.4, 0.5) is 0 Å². The number of aryl methyl sites for hydroxylation is 2. The molecule has 0 aliphatic heterocycles. The highest BCUT2D eigenvalue weighted by atomic mass is 79.9. The van der Waals surface area contributed by atoms with Gasteiger partial charge in [0.05, 0.1) is 19.0 Å². The van der Waals surface area contributed by atoms with Crippen molar-refractivity contribution in [2.24, 2.45) is 0 Å². The summed E-state index contributed by atoms with van der Waals surface area (Å²) in [6.07, 6.45) is 0. The first kappa shape index (κ1) is 16.4. The summed E-state index contributed by atoms with van der Waals surface area (Å²) >= 11 is 7.39. The normalized spacial score (nSPS) is 12.3. The van der Waals surface area contributed by atoms with Crippen molar-refractivity contribution in [3.05, 3.63) is 44.8 Å². The highest BCUT2D eigenvalue weighted by Crippen LogP contribution is 2.44. The third-order valence-corrected chi connectivity index (χ3v) is 5.28. The highest BCUT2D eigenvalue weighted by Gasteiger charge is 2.23. The summed E-state index contributed by atoms with van der Waals surface area (Å²) < 4.78 is 17.4. The first-order chi connectivity index (χ1) is 9.90. The molecule has 0 spiro atoms. The average molecular weight is 418 g/mol. The monoisotopic (exact) mass is 416 g/mol. The Morgan fingerprint density at radius 3 is 2.05 bits per heavy atom. The van der Waals surface area contributed by atoms with E-state index in [1.54, 1.807) is 14.2 Å². The largest absolute Gasteiger partial charge is 0.493 e. The van der Waals surface area contributed by atoms with E-state index in [9.17, 15) is 0 Å². The molecular formula is C16H18Br2O3. The predicted molar refractivity (Wildman–Crippen MR) is 90.9 cm³/mol. The van der Waals surface area contributed by atoms with E-state index in [1.807, 2.05) is 26.0 Å². The SMILES string of the molecule is COc1cc(Br)c(C(Br)c2c(C)oc(C)c2C)cc1OC. The van der Waals surface area contributed by atoms with Crippen LogP contribution >= 0.6 is 31.9 Å². The van der Waals surface area contributed by atoms with Gasteiger partial charge in [-0.25, -0.2) is 0 Å². The van der Waals surface area contributed by atoms with E-state index < -0.39 is 0 Å². The Morgan fingerprint density at radius 1 is 1.00 bits per heavy atom. The molecule has 2 rings (SSSR count). The molecule has 0 saturated heterocycles. The summed E-state index contributed by atoms with van der Waals surface area (Å²) in [4.78, 5) is 0.0177. The number of halogens is 2. The summed E-state index contributed by atoms with van der Waals surface area (Å²) in [6, 6.07) is 3.89. The first-order valence-corrected chi connectivity index (χ1v) is 8.23. The molecule has 0 aliphatic carbocycles. The number of methoxy groups -OCH3 is 2. The molecule has 0 bridgehead atoms. The Morgan fingerprint density at radius 2 is 1.57 bits per heavy atom. The quantitative estimate of drug-likeness (QED) is 0.618. The van der Waals surface area contributed by atoms with Gasteiger partial charge in [-0.1, -0.05) is 31.9 Å². The zero-order chi connectivity index (χ0) is 15.7. The number of rotatable bonds is 4. The molecule has 2 aromatic rings. The van der Waals surface area contributed by atoms with Gasteiger partial charge >= 0.3 is 0 Å². The molecule has 3 nitrogen and oxygen atoms in total. The number of alkyl halides is 1. The van der Waals surface area contributed by atoms with E-state index in [-0.39, 0.29) is 4.83 Å². The third kappa shape index (κ3) is 2.99. The van der Waals surface area contributed by atoms with Gasteiger partial charge in [-0.15, -0.1) is 0 Å². The number of hydrogen-bond donors (Lipinski definition) is 0. The molecule has 0 amide bonds. The number of ether oxygens (including phenoxy) is 2. The Balaban J connectivity index is 2.55. The minimum Gasteiger partial charge on any atom is -0.493 e. The lowest BCUT2D eigenvalue weighted by molar-refractivity contribution is 0.354. The summed E-state index contributed by atoms with van der Waals surface area (Å²) in [7, 11) is 3.26. The van der Waals surface area contributed by atoms with Gasteiger partial charge in [0, 0.05) is 10.0 Å². The molecule has 0 fully saturated rings. The van der Waals surface area contributed by atoms with E-state index in [4.69, 9.17) is 13.9 Å². The van der Waals surface area contributed by atoms with Crippen molar-refractivity contribution in [2.45, 2.75) is 25.6 Å². The van der Waals surface area contributed by atoms with Crippen LogP contribution in [0.3, 0.4) is 0 Å². The summed E-state index contributed by atoms with van der Waals surface area (Å²) in [5.41, 5.74) is 3.39. The van der Waals surface area contributed by atoms with Crippen molar-refractivity contribution in [2.75, 3.05) is 14.2 Å². The van der Waals surface area contributed by atoms with Crippen molar-refractivity contribution >= 4 is 31.9 Å². The lowest BCUT2D eigenvalue weighted by atomic mass is 10.0. The van der Waals surface area contributed by atoms with Gasteiger partial charge in [0.1, 0.15) is 11.5 Å². The zero-order valence-corrected chi connectivity index (χ0v) is 15.9. The average Bonchev–Trinajstić information content (AvgIpc) is 2.71. The van der Waals surface area contributed by atoms with Gasteiger partial charge < -0.3 is 13.9 Å². The number of hydrogen-bond acceptors (Lipinski definition) is 3. The molecule has 1 unspecified atom stereocenters. The highest BCUT2D eigenvalue weighted by molar-refractivity contribution is 9.11. The molecule has 0 radical (unpaired) electrons. The molecule has 1 aromatic heterocycles. The topological polar surface area (TPSA) is 31.6 Å². The van der Waals surface area contributed by atoms with Crippen LogP contribution in [0.1, 0.15) is 33.0 Å². The Hall–Kier alpha value is -0.940. The van der Waals surface area contributed by atoms with Crippen molar-refractivity contribution in [3.63, 3.8) is 0 Å². The molecule has 5 heteroatoms. The predicted octanol–water partition coefficient (Wildman–Crippen LogP) is 5.47. The standard InChI is InChI=1S/C16H18Br2O3/c1-8-9(2)21-10(3)15(8)16(18)11-6-13(19-4)14(20-5)7-12(11)17/h6-7,16H,1-5H3. The minimum absolute atomic E-state index is 0.0177. The Labute approximate surface area is 141 Å². The second-order valence-electron chi connectivity index (χ2n) is 4.84. The molecule has 1 heterocycles. The van der Waals surface area contributed by atoms with Crippen molar-refractivity contribution in [1.82, 2.24) is 0 Å². The summed E-state index contributed by atoms with van der Waals surface area (Å²) in [6.45, 7) is 6.04. The first-order valence-electron chi connectivity index (χ1n) is 6.52. The molecule has 1 aromatic carbocycles. The van der Waals surface area contributed by atoms with Crippen LogP contribution in [0.5, 0.6) is 11.5 Å². The van der Waals surface area contributed by atoms with Crippen LogP contribution in [-0.4, -0.2) is 14.2 Å². The maximum atomic E-state index is 5.73. The molecule has 114 valence electrons. The number of furan rings is 1. The second kappa shape index (κ2) is 6.44. The van der Waals surface area contributed by atoms with E-state index in [1.165, 1.54) is 0 Å². The maximum absolute atomic E-state index is 5.73. The molecular weight excluding hydrogens is 400 g/mol. The van der Waals surface area contributed by atoms with Gasteiger partial charge in [0.2, 0.25) is 0 Å². The van der Waals surface area contributed by atoms with Crippen LogP contribution in [0.15, 0.2) is 21.0 Å². The van der Waals surface area contributed by atoms with Crippen LogP contribution in [0, 0.1) is 20.8 Å². The summed E-state index contributed by atoms with van der Waals surface area (Å²) in [5.74, 6) is 3.28. The van der Waals surface area contributed by atoms with Crippen LogP contribution in [0.25, 0.3) is 0 Å². The van der Waals surface area contributed by atoms with Crippen molar-refractivity contribution in [3.8, 4) is 11.5 Å². The molecule has 0 saturated carbocycles. The van der Waals surface area contributed by atoms with E-state index in [0.717, 1.165) is 32.7 Å². The Bertz CT molecular complexity index is 662. The van der Waals surface area contributed by atoms with E-state index in [2.05, 4.69) is 38.8 Å². The van der Waals surface area contributed by atoms with Gasteiger partial charge in [0.25, 0.3) is 0 Å². The molecule has 0 aliphatic rings. The lowest BCUT2D eigenvalue weighted by Gasteiger charge is -2.16. The number of benzene rings is 1. The maximum Gasteiger partial charge on any atom is 0.161 e. The second-order valence-corrected chi connectivity index (χ2v) is 6.61. The third-order valence-electron chi connectivity index (χ3n) is 3.65. The fraction of sp³-hybridized carbons (Fsp3) is 0.375. The molecule has 0 N–H and O–H groups in total. The van der Waals surface area contributed by atoms with Crippen molar-refractivity contribution in [1.29, 1.82) is 0 Å². The van der Waals surface area contributed by atoms with E-state index in [0.29, 0.717) is 11.5 Å². The van der Waals surface area contributed by atoms with Crippen LogP contribution < -0.4 is 9.47 Å². The molecule has 21 heavy (non-hydrogen) atoms. The van der Waals surface area contributed by atoms with Crippen LogP contribution in [-0.2, 0) is 0 Å². The van der Waals surface area contributed by atoms with Crippen LogP contribution in [0.2, 0.25) is 0 Å². The van der Waals surface area contributed by atoms with Crippen molar-refractivity contribution < 1.29 is 13.9 Å². The minimum atomic E-state index is 0.0177. The smallest absolute Gasteiger partial charge is 0.161 e. The fourth-order valence-corrected chi connectivity index (χ4v) is 4.31. The fourth-order valence-electron chi connectivity index (χ4n) is 2.40. The van der Waals surface area contributed by atoms with E-state index >= 15 is 0 Å². The lowest BCUT2D eigenvalue weighted by Crippen LogP contribution is -1.99. The van der Waals surface area contributed by atoms with Gasteiger partial charge in [-0.05, 0) is 44.0 Å². The van der Waals surface area contributed by atoms with Gasteiger partial charge in [0.15, 0.2) is 11.5 Å². The Kier molecular flexibility index (Phi) is 5.04. The summed E-state index contributed by atoms with van der Waals surface area (Å²) in [5, 5.41) is 0. The molecule has 1 atom stereocenters. The van der Waals surface area contributed by atoms with Gasteiger partial charge in [-0.2, -0.15) is 0 Å².